The summed E-state index contributed by atoms with van der Waals surface area (Å²) < 4.78 is 0. The van der Waals surface area contributed by atoms with E-state index in [1.807, 2.05) is 18.2 Å². The van der Waals surface area contributed by atoms with Crippen LogP contribution in [0.3, 0.4) is 0 Å². The lowest BCUT2D eigenvalue weighted by molar-refractivity contribution is 0.419. The van der Waals surface area contributed by atoms with Crippen molar-refractivity contribution in [3.05, 3.63) is 77.5 Å². The van der Waals surface area contributed by atoms with Gasteiger partial charge in [-0.15, -0.1) is 5.73 Å². The summed E-state index contributed by atoms with van der Waals surface area (Å²) in [6.07, 6.45) is 3.94. The van der Waals surface area contributed by atoms with Gasteiger partial charge in [-0.05, 0) is 48.9 Å². The molecule has 0 aromatic heterocycles. The van der Waals surface area contributed by atoms with Crippen molar-refractivity contribution in [3.8, 4) is 0 Å². The maximum Gasteiger partial charge on any atom is 0.0891 e. The van der Waals surface area contributed by atoms with Gasteiger partial charge in [0.25, 0.3) is 0 Å². The molecule has 0 atom stereocenters. The molecular formula is C20H21N. The highest BCUT2D eigenvalue weighted by atomic mass is 14.9. The number of hydrogen-bond donors (Lipinski definition) is 1. The number of aryl methyl sites for hydroxylation is 1. The van der Waals surface area contributed by atoms with Gasteiger partial charge in [-0.1, -0.05) is 49.4 Å². The van der Waals surface area contributed by atoms with Gasteiger partial charge in [0.1, 0.15) is 0 Å². The van der Waals surface area contributed by atoms with Crippen molar-refractivity contribution in [1.82, 2.24) is 0 Å². The lowest BCUT2D eigenvalue weighted by Crippen LogP contribution is -2.13. The quantitative estimate of drug-likeness (QED) is 0.726. The molecule has 3 rings (SSSR count). The molecule has 0 heterocycles. The van der Waals surface area contributed by atoms with Crippen LogP contribution >= 0.6 is 0 Å². The number of nitrogens with one attached hydrogen (secondary N) is 1. The molecule has 1 nitrogen and oxygen atoms in total. The van der Waals surface area contributed by atoms with E-state index in [0.717, 1.165) is 11.4 Å². The zero-order valence-corrected chi connectivity index (χ0v) is 12.5. The van der Waals surface area contributed by atoms with E-state index >= 15 is 0 Å². The van der Waals surface area contributed by atoms with Crippen LogP contribution in [-0.4, -0.2) is 0 Å². The van der Waals surface area contributed by atoms with Gasteiger partial charge in [0.15, 0.2) is 0 Å². The summed E-state index contributed by atoms with van der Waals surface area (Å²) in [5, 5.41) is 3.47. The first-order chi connectivity index (χ1) is 10.3. The molecule has 0 saturated heterocycles. The molecule has 106 valence electrons. The third-order valence-electron chi connectivity index (χ3n) is 4.32. The molecule has 2 aromatic carbocycles. The standard InChI is InChI=1S/C20H21N/c1-3-19(21-17-12-5-4-6-13-17)20-15(2)9-7-14-18(20)16-10-8-11-16/h4-7,9,12-14,16,21H,1,8,10-11H2,2H3. The maximum atomic E-state index is 3.89. The number of rotatable bonds is 4. The maximum absolute atomic E-state index is 3.89. The summed E-state index contributed by atoms with van der Waals surface area (Å²) >= 11 is 0. The molecule has 0 spiro atoms. The lowest BCUT2D eigenvalue weighted by atomic mass is 9.77. The first-order valence-corrected chi connectivity index (χ1v) is 7.61. The highest BCUT2D eigenvalue weighted by molar-refractivity contribution is 5.79. The number of para-hydroxylation sites is 1. The zero-order valence-electron chi connectivity index (χ0n) is 12.5. The fourth-order valence-corrected chi connectivity index (χ4v) is 2.95. The Morgan fingerprint density at radius 2 is 1.86 bits per heavy atom. The van der Waals surface area contributed by atoms with Gasteiger partial charge >= 0.3 is 0 Å². The van der Waals surface area contributed by atoms with Crippen molar-refractivity contribution in [2.24, 2.45) is 0 Å². The van der Waals surface area contributed by atoms with Crippen LogP contribution in [-0.2, 0) is 0 Å². The predicted molar refractivity (Wildman–Crippen MR) is 90.4 cm³/mol. The van der Waals surface area contributed by atoms with Gasteiger partial charge in [0.2, 0.25) is 0 Å². The highest BCUT2D eigenvalue weighted by Crippen LogP contribution is 2.40. The van der Waals surface area contributed by atoms with E-state index in [4.69, 9.17) is 0 Å². The van der Waals surface area contributed by atoms with Crippen LogP contribution < -0.4 is 5.32 Å². The van der Waals surface area contributed by atoms with E-state index in [1.54, 1.807) is 0 Å². The summed E-state index contributed by atoms with van der Waals surface area (Å²) in [5.41, 5.74) is 9.17. The average molecular weight is 275 g/mol. The summed E-state index contributed by atoms with van der Waals surface area (Å²) in [7, 11) is 0. The Hall–Kier alpha value is -2.24. The van der Waals surface area contributed by atoms with Gasteiger partial charge < -0.3 is 5.32 Å². The fourth-order valence-electron chi connectivity index (χ4n) is 2.95. The Balaban J connectivity index is 1.99. The normalized spacial score (nSPS) is 14.1. The Morgan fingerprint density at radius 1 is 1.10 bits per heavy atom. The van der Waals surface area contributed by atoms with Crippen LogP contribution in [0.4, 0.5) is 5.69 Å². The topological polar surface area (TPSA) is 12.0 Å². The van der Waals surface area contributed by atoms with Gasteiger partial charge in [-0.2, -0.15) is 0 Å². The average Bonchev–Trinajstić information content (AvgIpc) is 2.45. The molecule has 1 heteroatoms. The van der Waals surface area contributed by atoms with Gasteiger partial charge in [0.05, 0.1) is 5.70 Å². The molecule has 0 amide bonds. The molecule has 1 aliphatic carbocycles. The van der Waals surface area contributed by atoms with Crippen LogP contribution in [0.1, 0.15) is 41.9 Å². The summed E-state index contributed by atoms with van der Waals surface area (Å²) in [6, 6.07) is 16.8. The Labute approximate surface area is 127 Å². The molecule has 0 radical (unpaired) electrons. The highest BCUT2D eigenvalue weighted by Gasteiger charge is 2.24. The second kappa shape index (κ2) is 6.03. The van der Waals surface area contributed by atoms with E-state index in [2.05, 4.69) is 54.9 Å². The minimum atomic E-state index is 0.695. The van der Waals surface area contributed by atoms with Crippen LogP contribution in [0.25, 0.3) is 5.70 Å². The Bertz CT molecular complexity index is 674. The minimum Gasteiger partial charge on any atom is -0.349 e. The van der Waals surface area contributed by atoms with Crippen molar-refractivity contribution < 1.29 is 0 Å². The minimum absolute atomic E-state index is 0.695. The molecule has 1 aliphatic rings. The summed E-state index contributed by atoms with van der Waals surface area (Å²) in [6.45, 7) is 6.06. The van der Waals surface area contributed by atoms with E-state index in [1.165, 1.54) is 36.0 Å². The molecule has 1 saturated carbocycles. The summed E-state index contributed by atoms with van der Waals surface area (Å²) in [5.74, 6) is 0.695. The number of hydrogen-bond acceptors (Lipinski definition) is 1. The monoisotopic (exact) mass is 275 g/mol. The van der Waals surface area contributed by atoms with Crippen molar-refractivity contribution in [2.45, 2.75) is 32.1 Å². The molecule has 0 unspecified atom stereocenters. The molecular weight excluding hydrogens is 254 g/mol. The van der Waals surface area contributed by atoms with E-state index < -0.39 is 0 Å². The Kier molecular flexibility index (Phi) is 3.94. The van der Waals surface area contributed by atoms with Gasteiger partial charge in [-0.25, -0.2) is 0 Å². The van der Waals surface area contributed by atoms with E-state index in [9.17, 15) is 0 Å². The number of anilines is 1. The smallest absolute Gasteiger partial charge is 0.0891 e. The third kappa shape index (κ3) is 2.79. The summed E-state index contributed by atoms with van der Waals surface area (Å²) in [4.78, 5) is 0. The molecule has 21 heavy (non-hydrogen) atoms. The largest absolute Gasteiger partial charge is 0.349 e. The van der Waals surface area contributed by atoms with Crippen molar-refractivity contribution in [3.63, 3.8) is 0 Å². The molecule has 0 aliphatic heterocycles. The Morgan fingerprint density at radius 3 is 2.48 bits per heavy atom. The molecule has 0 bridgehead atoms. The number of benzene rings is 2. The van der Waals surface area contributed by atoms with Gasteiger partial charge in [0, 0.05) is 11.3 Å². The van der Waals surface area contributed by atoms with E-state index in [-0.39, 0.29) is 0 Å². The van der Waals surface area contributed by atoms with Crippen LogP contribution in [0.2, 0.25) is 0 Å². The third-order valence-corrected chi connectivity index (χ3v) is 4.32. The molecule has 2 aromatic rings. The second-order valence-electron chi connectivity index (χ2n) is 5.71. The van der Waals surface area contributed by atoms with Crippen molar-refractivity contribution >= 4 is 11.4 Å². The molecule has 1 fully saturated rings. The zero-order chi connectivity index (χ0) is 14.7. The van der Waals surface area contributed by atoms with Crippen LogP contribution in [0, 0.1) is 6.92 Å². The van der Waals surface area contributed by atoms with Crippen molar-refractivity contribution in [2.75, 3.05) is 5.32 Å². The predicted octanol–water partition coefficient (Wildman–Crippen LogP) is 5.50. The second-order valence-corrected chi connectivity index (χ2v) is 5.71. The molecule has 1 N–H and O–H groups in total. The lowest BCUT2D eigenvalue weighted by Gasteiger charge is -2.29. The van der Waals surface area contributed by atoms with Crippen molar-refractivity contribution in [1.29, 1.82) is 0 Å². The van der Waals surface area contributed by atoms with Gasteiger partial charge in [-0.3, -0.25) is 0 Å². The first-order valence-electron chi connectivity index (χ1n) is 7.61. The fraction of sp³-hybridized carbons (Fsp3) is 0.250. The van der Waals surface area contributed by atoms with Crippen LogP contribution in [0.15, 0.2) is 60.8 Å². The first kappa shape index (κ1) is 13.7. The van der Waals surface area contributed by atoms with E-state index in [0.29, 0.717) is 5.92 Å². The van der Waals surface area contributed by atoms with Crippen LogP contribution in [0.5, 0.6) is 0 Å². The SMILES string of the molecule is C=C=C(Nc1ccccc1)c1c(C)cccc1C1CCC1.